The fourth-order valence-corrected chi connectivity index (χ4v) is 4.19. The van der Waals surface area contributed by atoms with E-state index in [4.69, 9.17) is 4.98 Å². The van der Waals surface area contributed by atoms with E-state index in [0.29, 0.717) is 16.4 Å². The maximum absolute atomic E-state index is 4.76. The zero-order valence-electron chi connectivity index (χ0n) is 10.8. The van der Waals surface area contributed by atoms with Crippen molar-refractivity contribution < 1.29 is 0 Å². The van der Waals surface area contributed by atoms with Crippen LogP contribution in [0.4, 0.5) is 5.82 Å². The second kappa shape index (κ2) is 5.00. The number of halogens is 1. The Morgan fingerprint density at radius 3 is 2.50 bits per heavy atom. The molecule has 2 fully saturated rings. The van der Waals surface area contributed by atoms with Crippen molar-refractivity contribution in [2.75, 3.05) is 18.0 Å². The lowest BCUT2D eigenvalue weighted by atomic mass is 10.3. The molecule has 3 rings (SSSR count). The lowest BCUT2D eigenvalue weighted by Crippen LogP contribution is -2.41. The number of nitrogens with zero attached hydrogens (tertiary/aromatic N) is 3. The van der Waals surface area contributed by atoms with Gasteiger partial charge in [0, 0.05) is 35.6 Å². The molecule has 1 aliphatic heterocycles. The number of aromatic nitrogens is 2. The van der Waals surface area contributed by atoms with Crippen molar-refractivity contribution in [1.29, 1.82) is 0 Å². The van der Waals surface area contributed by atoms with Crippen LogP contribution in [0.15, 0.2) is 10.7 Å². The molecule has 18 heavy (non-hydrogen) atoms. The molecule has 0 spiro atoms. The highest BCUT2D eigenvalue weighted by atomic mass is 79.9. The van der Waals surface area contributed by atoms with E-state index in [1.807, 2.05) is 0 Å². The fraction of sp³-hybridized carbons (Fsp3) is 0.692. The minimum Gasteiger partial charge on any atom is -0.354 e. The van der Waals surface area contributed by atoms with Crippen LogP contribution in [0.1, 0.15) is 38.4 Å². The van der Waals surface area contributed by atoms with E-state index in [9.17, 15) is 0 Å². The Hall–Kier alpha value is -0.290. The van der Waals surface area contributed by atoms with Crippen LogP contribution < -0.4 is 4.90 Å². The number of rotatable bonds is 2. The molecule has 3 nitrogen and oxygen atoms in total. The van der Waals surface area contributed by atoms with Crippen molar-refractivity contribution in [2.24, 2.45) is 0 Å². The van der Waals surface area contributed by atoms with Crippen LogP contribution in [0.25, 0.3) is 0 Å². The largest absolute Gasteiger partial charge is 0.354 e. The molecule has 5 heteroatoms. The van der Waals surface area contributed by atoms with Crippen molar-refractivity contribution >= 4 is 33.5 Å². The summed E-state index contributed by atoms with van der Waals surface area (Å²) >= 11 is 5.59. The van der Waals surface area contributed by atoms with Gasteiger partial charge in [-0.25, -0.2) is 9.97 Å². The molecule has 1 aromatic heterocycles. The number of hydrogen-bond donors (Lipinski definition) is 0. The molecule has 0 N–H and O–H groups in total. The summed E-state index contributed by atoms with van der Waals surface area (Å²) in [6, 6.07) is 2.06. The van der Waals surface area contributed by atoms with E-state index in [-0.39, 0.29) is 0 Å². The van der Waals surface area contributed by atoms with Crippen molar-refractivity contribution in [2.45, 2.75) is 43.1 Å². The van der Waals surface area contributed by atoms with E-state index in [0.717, 1.165) is 29.3 Å². The van der Waals surface area contributed by atoms with Crippen molar-refractivity contribution in [3.05, 3.63) is 16.5 Å². The van der Waals surface area contributed by atoms with Crippen LogP contribution in [0.5, 0.6) is 0 Å². The molecular weight excluding hydrogens is 310 g/mol. The van der Waals surface area contributed by atoms with Gasteiger partial charge in [0.25, 0.3) is 0 Å². The first-order chi connectivity index (χ1) is 8.61. The summed E-state index contributed by atoms with van der Waals surface area (Å²) in [5.41, 5.74) is 0. The summed E-state index contributed by atoms with van der Waals surface area (Å²) in [4.78, 5) is 11.7. The topological polar surface area (TPSA) is 29.0 Å². The molecule has 0 aromatic carbocycles. The summed E-state index contributed by atoms with van der Waals surface area (Å²) in [5, 5.41) is 1.35. The Morgan fingerprint density at radius 1 is 1.22 bits per heavy atom. The molecular formula is C13H18BrN3S. The molecule has 1 saturated carbocycles. The van der Waals surface area contributed by atoms with Gasteiger partial charge in [0.15, 0.2) is 0 Å². The highest BCUT2D eigenvalue weighted by Gasteiger charge is 2.29. The molecule has 0 radical (unpaired) electrons. The third kappa shape index (κ3) is 2.82. The second-order valence-electron chi connectivity index (χ2n) is 5.34. The summed E-state index contributed by atoms with van der Waals surface area (Å²) in [6.07, 6.45) is 2.50. The maximum Gasteiger partial charge on any atom is 0.135 e. The number of hydrogen-bond acceptors (Lipinski definition) is 4. The van der Waals surface area contributed by atoms with Gasteiger partial charge in [-0.05, 0) is 28.8 Å². The average molecular weight is 328 g/mol. The molecule has 0 bridgehead atoms. The van der Waals surface area contributed by atoms with Crippen molar-refractivity contribution in [3.63, 3.8) is 0 Å². The van der Waals surface area contributed by atoms with Gasteiger partial charge >= 0.3 is 0 Å². The van der Waals surface area contributed by atoms with Crippen molar-refractivity contribution in [1.82, 2.24) is 9.97 Å². The van der Waals surface area contributed by atoms with Crippen LogP contribution in [-0.2, 0) is 0 Å². The number of anilines is 1. The van der Waals surface area contributed by atoms with Gasteiger partial charge < -0.3 is 4.90 Å². The molecule has 1 aliphatic carbocycles. The Balaban J connectivity index is 1.86. The molecule has 2 unspecified atom stereocenters. The van der Waals surface area contributed by atoms with Crippen LogP contribution in [-0.4, -0.2) is 33.6 Å². The third-order valence-electron chi connectivity index (χ3n) is 3.38. The highest BCUT2D eigenvalue weighted by molar-refractivity contribution is 9.10. The van der Waals surface area contributed by atoms with E-state index >= 15 is 0 Å². The minimum atomic E-state index is 0.607. The van der Waals surface area contributed by atoms with E-state index < -0.39 is 0 Å². The lowest BCUT2D eigenvalue weighted by Gasteiger charge is -2.35. The predicted molar refractivity (Wildman–Crippen MR) is 80.4 cm³/mol. The van der Waals surface area contributed by atoms with Crippen LogP contribution in [0, 0.1) is 0 Å². The van der Waals surface area contributed by atoms with E-state index in [1.54, 1.807) is 0 Å². The predicted octanol–water partition coefficient (Wildman–Crippen LogP) is 3.45. The first kappa shape index (κ1) is 12.7. The smallest absolute Gasteiger partial charge is 0.135 e. The monoisotopic (exact) mass is 327 g/mol. The Morgan fingerprint density at radius 2 is 1.89 bits per heavy atom. The van der Waals surface area contributed by atoms with Crippen molar-refractivity contribution in [3.8, 4) is 0 Å². The van der Waals surface area contributed by atoms with Gasteiger partial charge in [-0.3, -0.25) is 0 Å². The summed E-state index contributed by atoms with van der Waals surface area (Å²) in [7, 11) is 0. The normalized spacial score (nSPS) is 28.5. The lowest BCUT2D eigenvalue weighted by molar-refractivity contribution is 0.711. The number of thioether (sulfide) groups is 1. The molecule has 0 amide bonds. The zero-order chi connectivity index (χ0) is 12.7. The maximum atomic E-state index is 4.76. The van der Waals surface area contributed by atoms with Gasteiger partial charge in [-0.1, -0.05) is 13.8 Å². The SMILES string of the molecule is CC1CN(c2cc(Br)nc(C3CC3)n2)CC(C)S1. The molecule has 1 aromatic rings. The highest BCUT2D eigenvalue weighted by Crippen LogP contribution is 2.39. The fourth-order valence-electron chi connectivity index (χ4n) is 2.47. The Bertz CT molecular complexity index is 440. The van der Waals surface area contributed by atoms with Gasteiger partial charge in [0.2, 0.25) is 0 Å². The van der Waals surface area contributed by atoms with Gasteiger partial charge in [0.05, 0.1) is 0 Å². The van der Waals surface area contributed by atoms with E-state index in [1.165, 1.54) is 12.8 Å². The molecule has 1 saturated heterocycles. The first-order valence-electron chi connectivity index (χ1n) is 6.56. The minimum absolute atomic E-state index is 0.607. The summed E-state index contributed by atoms with van der Waals surface area (Å²) < 4.78 is 0.924. The van der Waals surface area contributed by atoms with Gasteiger partial charge in [-0.15, -0.1) is 0 Å². The van der Waals surface area contributed by atoms with Gasteiger partial charge in [-0.2, -0.15) is 11.8 Å². The summed E-state index contributed by atoms with van der Waals surface area (Å²) in [6.45, 7) is 6.77. The van der Waals surface area contributed by atoms with Crippen LogP contribution in [0.2, 0.25) is 0 Å². The van der Waals surface area contributed by atoms with Crippen LogP contribution in [0.3, 0.4) is 0 Å². The standard InChI is InChI=1S/C13H18BrN3S/c1-8-6-17(7-9(2)18-8)12-5-11(14)15-13(16-12)10-3-4-10/h5,8-10H,3-4,6-7H2,1-2H3. The zero-order valence-corrected chi connectivity index (χ0v) is 13.2. The third-order valence-corrected chi connectivity index (χ3v) is 5.02. The van der Waals surface area contributed by atoms with Gasteiger partial charge in [0.1, 0.15) is 16.2 Å². The average Bonchev–Trinajstić information content (AvgIpc) is 3.10. The Kier molecular flexibility index (Phi) is 3.54. The summed E-state index contributed by atoms with van der Waals surface area (Å²) in [5.74, 6) is 2.73. The van der Waals surface area contributed by atoms with Crippen LogP contribution >= 0.6 is 27.7 Å². The Labute approximate surface area is 121 Å². The first-order valence-corrected chi connectivity index (χ1v) is 8.30. The quantitative estimate of drug-likeness (QED) is 0.778. The van der Waals surface area contributed by atoms with E-state index in [2.05, 4.69) is 57.5 Å². The molecule has 2 atom stereocenters. The molecule has 2 heterocycles. The molecule has 2 aliphatic rings. The second-order valence-corrected chi connectivity index (χ2v) is 8.04. The molecule has 98 valence electrons.